The van der Waals surface area contributed by atoms with Gasteiger partial charge < -0.3 is 5.32 Å². The molecule has 0 saturated heterocycles. The first kappa shape index (κ1) is 17.1. The van der Waals surface area contributed by atoms with Crippen LogP contribution in [0.3, 0.4) is 0 Å². The highest BCUT2D eigenvalue weighted by Gasteiger charge is 2.17. The minimum Gasteiger partial charge on any atom is -0.304 e. The second-order valence-corrected chi connectivity index (χ2v) is 7.04. The summed E-state index contributed by atoms with van der Waals surface area (Å²) in [6, 6.07) is 20.3. The van der Waals surface area contributed by atoms with Gasteiger partial charge in [0.1, 0.15) is 0 Å². The largest absolute Gasteiger partial charge is 0.304 e. The quantitative estimate of drug-likeness (QED) is 0.498. The molecule has 0 amide bonds. The molecule has 0 saturated carbocycles. The Morgan fingerprint density at radius 1 is 0.955 bits per heavy atom. The van der Waals surface area contributed by atoms with Crippen molar-refractivity contribution in [1.29, 1.82) is 0 Å². The summed E-state index contributed by atoms with van der Waals surface area (Å²) in [5, 5.41) is 3.73. The Bertz CT molecular complexity index is 551. The SMILES string of the molecule is CCCCSc1ccccc1C(NC(C)C)c1ccccc1. The number of rotatable bonds is 8. The van der Waals surface area contributed by atoms with Gasteiger partial charge in [0.25, 0.3) is 0 Å². The van der Waals surface area contributed by atoms with Crippen LogP contribution < -0.4 is 5.32 Å². The van der Waals surface area contributed by atoms with Crippen molar-refractivity contribution in [3.05, 3.63) is 65.7 Å². The molecule has 0 spiro atoms. The molecule has 0 bridgehead atoms. The molecule has 118 valence electrons. The van der Waals surface area contributed by atoms with Crippen LogP contribution in [0.25, 0.3) is 0 Å². The third-order valence-electron chi connectivity index (χ3n) is 3.62. The van der Waals surface area contributed by atoms with E-state index in [1.807, 2.05) is 11.8 Å². The molecule has 0 aliphatic heterocycles. The van der Waals surface area contributed by atoms with E-state index >= 15 is 0 Å². The zero-order valence-electron chi connectivity index (χ0n) is 13.9. The fourth-order valence-corrected chi connectivity index (χ4v) is 3.70. The van der Waals surface area contributed by atoms with E-state index in [1.54, 1.807) is 0 Å². The Morgan fingerprint density at radius 2 is 1.64 bits per heavy atom. The maximum Gasteiger partial charge on any atom is 0.0589 e. The van der Waals surface area contributed by atoms with Crippen LogP contribution in [0, 0.1) is 0 Å². The van der Waals surface area contributed by atoms with Crippen molar-refractivity contribution in [2.24, 2.45) is 0 Å². The predicted octanol–water partition coefficient (Wildman–Crippen LogP) is 5.67. The topological polar surface area (TPSA) is 12.0 Å². The maximum atomic E-state index is 3.73. The summed E-state index contributed by atoms with van der Waals surface area (Å²) in [5.41, 5.74) is 2.73. The van der Waals surface area contributed by atoms with Crippen molar-refractivity contribution in [2.75, 3.05) is 5.75 Å². The molecule has 0 heterocycles. The van der Waals surface area contributed by atoms with Gasteiger partial charge in [0.2, 0.25) is 0 Å². The van der Waals surface area contributed by atoms with Crippen LogP contribution in [0.5, 0.6) is 0 Å². The maximum absolute atomic E-state index is 3.73. The first-order valence-electron chi connectivity index (χ1n) is 8.25. The number of thioether (sulfide) groups is 1. The van der Waals surface area contributed by atoms with Gasteiger partial charge in [0, 0.05) is 10.9 Å². The van der Waals surface area contributed by atoms with E-state index in [4.69, 9.17) is 0 Å². The van der Waals surface area contributed by atoms with E-state index in [2.05, 4.69) is 80.7 Å². The molecule has 0 radical (unpaired) electrons. The Morgan fingerprint density at radius 3 is 2.32 bits per heavy atom. The van der Waals surface area contributed by atoms with Crippen molar-refractivity contribution in [3.8, 4) is 0 Å². The highest BCUT2D eigenvalue weighted by atomic mass is 32.2. The molecule has 2 aromatic rings. The smallest absolute Gasteiger partial charge is 0.0589 e. The molecule has 1 nitrogen and oxygen atoms in total. The summed E-state index contributed by atoms with van der Waals surface area (Å²) in [6.07, 6.45) is 2.52. The number of hydrogen-bond acceptors (Lipinski definition) is 2. The van der Waals surface area contributed by atoms with Crippen LogP contribution >= 0.6 is 11.8 Å². The number of nitrogens with one attached hydrogen (secondary N) is 1. The first-order valence-corrected chi connectivity index (χ1v) is 9.23. The molecule has 1 unspecified atom stereocenters. The van der Waals surface area contributed by atoms with Crippen LogP contribution in [-0.4, -0.2) is 11.8 Å². The van der Waals surface area contributed by atoms with E-state index in [0.717, 1.165) is 0 Å². The highest BCUT2D eigenvalue weighted by Crippen LogP contribution is 2.32. The number of benzene rings is 2. The lowest BCUT2D eigenvalue weighted by Crippen LogP contribution is -2.29. The molecule has 0 fully saturated rings. The average Bonchev–Trinajstić information content (AvgIpc) is 2.54. The van der Waals surface area contributed by atoms with Gasteiger partial charge in [0.15, 0.2) is 0 Å². The summed E-state index contributed by atoms with van der Waals surface area (Å²) in [4.78, 5) is 1.40. The normalized spacial score (nSPS) is 12.5. The van der Waals surface area contributed by atoms with Gasteiger partial charge in [0.05, 0.1) is 6.04 Å². The number of hydrogen-bond donors (Lipinski definition) is 1. The summed E-state index contributed by atoms with van der Waals surface area (Å²) in [7, 11) is 0. The minimum atomic E-state index is 0.256. The highest BCUT2D eigenvalue weighted by molar-refractivity contribution is 7.99. The van der Waals surface area contributed by atoms with E-state index in [-0.39, 0.29) is 6.04 Å². The van der Waals surface area contributed by atoms with E-state index < -0.39 is 0 Å². The van der Waals surface area contributed by atoms with E-state index in [1.165, 1.54) is 34.6 Å². The van der Waals surface area contributed by atoms with Gasteiger partial charge >= 0.3 is 0 Å². The molecule has 22 heavy (non-hydrogen) atoms. The average molecular weight is 314 g/mol. The van der Waals surface area contributed by atoms with Crippen LogP contribution in [0.2, 0.25) is 0 Å². The third-order valence-corrected chi connectivity index (χ3v) is 4.79. The Balaban J connectivity index is 2.31. The standard InChI is InChI=1S/C20H27NS/c1-4-5-15-22-19-14-10-9-13-18(19)20(21-16(2)3)17-11-7-6-8-12-17/h6-14,16,20-21H,4-5,15H2,1-3H3. The lowest BCUT2D eigenvalue weighted by atomic mass is 9.98. The zero-order valence-corrected chi connectivity index (χ0v) is 14.7. The zero-order chi connectivity index (χ0) is 15.8. The molecule has 1 N–H and O–H groups in total. The molecule has 2 rings (SSSR count). The Kier molecular flexibility index (Phi) is 7.01. The second kappa shape index (κ2) is 9.02. The van der Waals surface area contributed by atoms with Gasteiger partial charge in [-0.2, -0.15) is 0 Å². The van der Waals surface area contributed by atoms with Gasteiger partial charge in [-0.15, -0.1) is 11.8 Å². The van der Waals surface area contributed by atoms with E-state index in [9.17, 15) is 0 Å². The molecule has 2 heteroatoms. The lowest BCUT2D eigenvalue weighted by Gasteiger charge is -2.24. The molecule has 2 aromatic carbocycles. The monoisotopic (exact) mass is 313 g/mol. The van der Waals surface area contributed by atoms with Gasteiger partial charge in [-0.25, -0.2) is 0 Å². The third kappa shape index (κ3) is 4.89. The van der Waals surface area contributed by atoms with E-state index in [0.29, 0.717) is 6.04 Å². The minimum absolute atomic E-state index is 0.256. The van der Waals surface area contributed by atoms with Crippen molar-refractivity contribution in [1.82, 2.24) is 5.32 Å². The summed E-state index contributed by atoms with van der Waals surface area (Å²) in [5.74, 6) is 1.19. The van der Waals surface area contributed by atoms with Crippen molar-refractivity contribution >= 4 is 11.8 Å². The van der Waals surface area contributed by atoms with Crippen LogP contribution in [0.1, 0.15) is 50.8 Å². The fraction of sp³-hybridized carbons (Fsp3) is 0.400. The van der Waals surface area contributed by atoms with Crippen molar-refractivity contribution in [3.63, 3.8) is 0 Å². The lowest BCUT2D eigenvalue weighted by molar-refractivity contribution is 0.524. The van der Waals surface area contributed by atoms with Crippen LogP contribution in [0.15, 0.2) is 59.5 Å². The molecule has 1 atom stereocenters. The summed E-state index contributed by atoms with van der Waals surface area (Å²) < 4.78 is 0. The van der Waals surface area contributed by atoms with Crippen molar-refractivity contribution in [2.45, 2.75) is 50.6 Å². The van der Waals surface area contributed by atoms with Gasteiger partial charge in [-0.3, -0.25) is 0 Å². The fourth-order valence-electron chi connectivity index (χ4n) is 2.52. The first-order chi connectivity index (χ1) is 10.7. The van der Waals surface area contributed by atoms with Gasteiger partial charge in [-0.05, 0) is 43.2 Å². The number of unbranched alkanes of at least 4 members (excludes halogenated alkanes) is 1. The molecule has 0 aliphatic rings. The Labute approximate surface area is 139 Å². The van der Waals surface area contributed by atoms with Crippen LogP contribution in [0.4, 0.5) is 0 Å². The summed E-state index contributed by atoms with van der Waals surface area (Å²) >= 11 is 1.98. The molecule has 0 aliphatic carbocycles. The molecule has 0 aromatic heterocycles. The van der Waals surface area contributed by atoms with Gasteiger partial charge in [-0.1, -0.05) is 61.9 Å². The Hall–Kier alpha value is -1.25. The molecular weight excluding hydrogens is 286 g/mol. The predicted molar refractivity (Wildman–Crippen MR) is 98.6 cm³/mol. The van der Waals surface area contributed by atoms with Crippen molar-refractivity contribution < 1.29 is 0 Å². The summed E-state index contributed by atoms with van der Waals surface area (Å²) in [6.45, 7) is 6.67. The second-order valence-electron chi connectivity index (χ2n) is 5.90. The molecular formula is C20H27NS. The van der Waals surface area contributed by atoms with Crippen LogP contribution in [-0.2, 0) is 0 Å².